The topological polar surface area (TPSA) is 15.3 Å². The van der Waals surface area contributed by atoms with Crippen molar-refractivity contribution >= 4 is 5.69 Å². The number of hydrogen-bond acceptors (Lipinski definition) is 2. The number of nitrogens with one attached hydrogen (secondary N) is 1. The summed E-state index contributed by atoms with van der Waals surface area (Å²) in [4.78, 5) is 2.32. The van der Waals surface area contributed by atoms with Gasteiger partial charge in [-0.05, 0) is 46.4 Å². The van der Waals surface area contributed by atoms with E-state index in [4.69, 9.17) is 0 Å². The number of benzene rings is 1. The maximum absolute atomic E-state index is 14.2. The van der Waals surface area contributed by atoms with Crippen LogP contribution in [-0.2, 0) is 0 Å². The van der Waals surface area contributed by atoms with E-state index in [1.54, 1.807) is 6.07 Å². The van der Waals surface area contributed by atoms with Crippen LogP contribution >= 0.6 is 0 Å². The van der Waals surface area contributed by atoms with E-state index in [1.165, 1.54) is 12.8 Å². The molecule has 1 N–H and O–H groups in total. The van der Waals surface area contributed by atoms with E-state index in [0.29, 0.717) is 6.04 Å². The number of halogens is 1. The number of unbranched alkanes of at least 4 members (excludes halogenated alkanes) is 2. The first-order chi connectivity index (χ1) is 9.52. The van der Waals surface area contributed by atoms with Gasteiger partial charge in [0.1, 0.15) is 5.82 Å². The van der Waals surface area contributed by atoms with Crippen LogP contribution in [0.25, 0.3) is 0 Å². The molecular weight excluding hydrogens is 251 g/mol. The minimum absolute atomic E-state index is 0.0126. The third-order valence-corrected chi connectivity index (χ3v) is 3.83. The SMILES string of the molecule is CCCCCN(c1cccc(F)c1C(C)NC)C(C)C. The normalized spacial score (nSPS) is 12.8. The first kappa shape index (κ1) is 17.0. The van der Waals surface area contributed by atoms with E-state index in [2.05, 4.69) is 31.0 Å². The summed E-state index contributed by atoms with van der Waals surface area (Å²) in [7, 11) is 1.87. The van der Waals surface area contributed by atoms with Gasteiger partial charge in [0, 0.05) is 29.9 Å². The molecule has 0 fully saturated rings. The predicted octanol–water partition coefficient (Wildman–Crippen LogP) is 4.51. The summed E-state index contributed by atoms with van der Waals surface area (Å²) in [5, 5.41) is 3.16. The fourth-order valence-corrected chi connectivity index (χ4v) is 2.54. The molecule has 1 aromatic carbocycles. The third kappa shape index (κ3) is 4.20. The second kappa shape index (κ2) is 8.25. The molecule has 0 aliphatic rings. The Labute approximate surface area is 123 Å². The molecule has 20 heavy (non-hydrogen) atoms. The van der Waals surface area contributed by atoms with Crippen molar-refractivity contribution in [3.63, 3.8) is 0 Å². The van der Waals surface area contributed by atoms with Crippen LogP contribution in [-0.4, -0.2) is 19.6 Å². The Hall–Kier alpha value is -1.09. The highest BCUT2D eigenvalue weighted by Crippen LogP contribution is 2.30. The van der Waals surface area contributed by atoms with Crippen molar-refractivity contribution in [1.29, 1.82) is 0 Å². The van der Waals surface area contributed by atoms with Crippen molar-refractivity contribution < 1.29 is 4.39 Å². The molecule has 114 valence electrons. The summed E-state index contributed by atoms with van der Waals surface area (Å²) >= 11 is 0. The Kier molecular flexibility index (Phi) is 7.00. The van der Waals surface area contributed by atoms with E-state index in [1.807, 2.05) is 26.1 Å². The van der Waals surface area contributed by atoms with E-state index >= 15 is 0 Å². The number of anilines is 1. The minimum Gasteiger partial charge on any atom is -0.369 e. The van der Waals surface area contributed by atoms with Crippen LogP contribution in [0.4, 0.5) is 10.1 Å². The lowest BCUT2D eigenvalue weighted by atomic mass is 10.0. The highest BCUT2D eigenvalue weighted by molar-refractivity contribution is 5.56. The van der Waals surface area contributed by atoms with Gasteiger partial charge in [-0.3, -0.25) is 0 Å². The molecule has 0 spiro atoms. The van der Waals surface area contributed by atoms with Gasteiger partial charge in [0.05, 0.1) is 0 Å². The number of rotatable bonds is 8. The maximum Gasteiger partial charge on any atom is 0.130 e. The molecule has 0 aliphatic carbocycles. The zero-order valence-corrected chi connectivity index (χ0v) is 13.5. The first-order valence-electron chi connectivity index (χ1n) is 7.75. The van der Waals surface area contributed by atoms with Crippen LogP contribution in [0.3, 0.4) is 0 Å². The fourth-order valence-electron chi connectivity index (χ4n) is 2.54. The van der Waals surface area contributed by atoms with Crippen LogP contribution in [0.2, 0.25) is 0 Å². The van der Waals surface area contributed by atoms with Crippen molar-refractivity contribution in [3.05, 3.63) is 29.6 Å². The first-order valence-corrected chi connectivity index (χ1v) is 7.75. The van der Waals surface area contributed by atoms with E-state index < -0.39 is 0 Å². The number of nitrogens with zero attached hydrogens (tertiary/aromatic N) is 1. The number of hydrogen-bond donors (Lipinski definition) is 1. The molecule has 0 saturated heterocycles. The maximum atomic E-state index is 14.2. The van der Waals surface area contributed by atoms with Crippen molar-refractivity contribution in [2.45, 2.75) is 59.0 Å². The molecule has 1 rings (SSSR count). The average molecular weight is 280 g/mol. The van der Waals surface area contributed by atoms with Crippen molar-refractivity contribution in [3.8, 4) is 0 Å². The Morgan fingerprint density at radius 3 is 2.45 bits per heavy atom. The van der Waals surface area contributed by atoms with Gasteiger partial charge in [-0.25, -0.2) is 4.39 Å². The van der Waals surface area contributed by atoms with Crippen LogP contribution < -0.4 is 10.2 Å². The van der Waals surface area contributed by atoms with Gasteiger partial charge >= 0.3 is 0 Å². The Morgan fingerprint density at radius 1 is 1.20 bits per heavy atom. The summed E-state index contributed by atoms with van der Waals surface area (Å²) in [5.41, 5.74) is 1.80. The summed E-state index contributed by atoms with van der Waals surface area (Å²) < 4.78 is 14.2. The highest BCUT2D eigenvalue weighted by atomic mass is 19.1. The minimum atomic E-state index is -0.120. The standard InChI is InChI=1S/C17H29FN2/c1-6-7-8-12-20(13(2)3)16-11-9-10-15(18)17(16)14(4)19-5/h9-11,13-14,19H,6-8,12H2,1-5H3. The molecule has 1 aromatic rings. The van der Waals surface area contributed by atoms with E-state index in [-0.39, 0.29) is 11.9 Å². The summed E-state index contributed by atoms with van der Waals surface area (Å²) in [6.45, 7) is 9.54. The summed E-state index contributed by atoms with van der Waals surface area (Å²) in [6, 6.07) is 5.79. The molecule has 0 aromatic heterocycles. The van der Waals surface area contributed by atoms with Gasteiger partial charge in [0.15, 0.2) is 0 Å². The van der Waals surface area contributed by atoms with Crippen LogP contribution in [0.5, 0.6) is 0 Å². The highest BCUT2D eigenvalue weighted by Gasteiger charge is 2.20. The molecule has 0 radical (unpaired) electrons. The van der Waals surface area contributed by atoms with E-state index in [9.17, 15) is 4.39 Å². The molecule has 2 nitrogen and oxygen atoms in total. The van der Waals surface area contributed by atoms with Crippen LogP contribution in [0, 0.1) is 5.82 Å². The lowest BCUT2D eigenvalue weighted by Gasteiger charge is -2.32. The summed E-state index contributed by atoms with van der Waals surface area (Å²) in [6.07, 6.45) is 3.57. The smallest absolute Gasteiger partial charge is 0.130 e. The molecule has 0 heterocycles. The predicted molar refractivity (Wildman–Crippen MR) is 85.9 cm³/mol. The van der Waals surface area contributed by atoms with Crippen molar-refractivity contribution in [2.75, 3.05) is 18.5 Å². The molecule has 0 bridgehead atoms. The quantitative estimate of drug-likeness (QED) is 0.705. The fraction of sp³-hybridized carbons (Fsp3) is 0.647. The molecule has 0 aliphatic heterocycles. The average Bonchev–Trinajstić information content (AvgIpc) is 2.42. The Bertz CT molecular complexity index is 404. The molecule has 0 amide bonds. The molecule has 0 saturated carbocycles. The van der Waals surface area contributed by atoms with Gasteiger partial charge < -0.3 is 10.2 Å². The third-order valence-electron chi connectivity index (χ3n) is 3.83. The second-order valence-electron chi connectivity index (χ2n) is 5.68. The van der Waals surface area contributed by atoms with Gasteiger partial charge in [0.25, 0.3) is 0 Å². The monoisotopic (exact) mass is 280 g/mol. The van der Waals surface area contributed by atoms with Gasteiger partial charge in [0.2, 0.25) is 0 Å². The largest absolute Gasteiger partial charge is 0.369 e. The van der Waals surface area contributed by atoms with Gasteiger partial charge in [-0.1, -0.05) is 25.8 Å². The lowest BCUT2D eigenvalue weighted by molar-refractivity contribution is 0.552. The zero-order chi connectivity index (χ0) is 15.1. The molecule has 3 heteroatoms. The Morgan fingerprint density at radius 2 is 1.90 bits per heavy atom. The van der Waals surface area contributed by atoms with Gasteiger partial charge in [-0.2, -0.15) is 0 Å². The Balaban J connectivity index is 3.09. The molecule has 1 unspecified atom stereocenters. The second-order valence-corrected chi connectivity index (χ2v) is 5.68. The van der Waals surface area contributed by atoms with Gasteiger partial charge in [-0.15, -0.1) is 0 Å². The lowest BCUT2D eigenvalue weighted by Crippen LogP contribution is -2.33. The van der Waals surface area contributed by atoms with Crippen molar-refractivity contribution in [1.82, 2.24) is 5.32 Å². The van der Waals surface area contributed by atoms with Crippen molar-refractivity contribution in [2.24, 2.45) is 0 Å². The van der Waals surface area contributed by atoms with Crippen LogP contribution in [0.1, 0.15) is 58.6 Å². The van der Waals surface area contributed by atoms with Crippen LogP contribution in [0.15, 0.2) is 18.2 Å². The molecular formula is C17H29FN2. The molecule has 1 atom stereocenters. The summed E-state index contributed by atoms with van der Waals surface area (Å²) in [5.74, 6) is -0.120. The zero-order valence-electron chi connectivity index (χ0n) is 13.5. The van der Waals surface area contributed by atoms with E-state index in [0.717, 1.165) is 24.2 Å².